The van der Waals surface area contributed by atoms with Gasteiger partial charge >= 0.3 is 0 Å². The third-order valence-electron chi connectivity index (χ3n) is 2.31. The number of nitrogens with zero attached hydrogens (tertiary/aromatic N) is 3. The van der Waals surface area contributed by atoms with Crippen LogP contribution in [0.4, 0.5) is 10.3 Å². The first-order chi connectivity index (χ1) is 6.25. The van der Waals surface area contributed by atoms with Gasteiger partial charge < -0.3 is 4.90 Å². The molecule has 0 aliphatic carbocycles. The maximum Gasteiger partial charge on any atom is 0.225 e. The van der Waals surface area contributed by atoms with E-state index in [-0.39, 0.29) is 5.82 Å². The highest BCUT2D eigenvalue weighted by atomic mass is 19.1. The van der Waals surface area contributed by atoms with Crippen LogP contribution in [0.3, 0.4) is 0 Å². The van der Waals surface area contributed by atoms with Crippen LogP contribution in [0, 0.1) is 11.7 Å². The van der Waals surface area contributed by atoms with Crippen molar-refractivity contribution in [2.24, 2.45) is 5.92 Å². The summed E-state index contributed by atoms with van der Waals surface area (Å²) >= 11 is 0. The van der Waals surface area contributed by atoms with Gasteiger partial charge in [0.1, 0.15) is 0 Å². The monoisotopic (exact) mass is 181 g/mol. The van der Waals surface area contributed by atoms with E-state index >= 15 is 0 Å². The molecule has 0 bridgehead atoms. The molecular weight excluding hydrogens is 169 g/mol. The van der Waals surface area contributed by atoms with Crippen molar-refractivity contribution >= 4 is 5.95 Å². The Morgan fingerprint density at radius 1 is 1.46 bits per heavy atom. The van der Waals surface area contributed by atoms with E-state index < -0.39 is 0 Å². The Kier molecular flexibility index (Phi) is 2.12. The molecule has 1 aliphatic rings. The van der Waals surface area contributed by atoms with E-state index in [1.54, 1.807) is 0 Å². The molecule has 1 saturated heterocycles. The molecule has 2 heterocycles. The third kappa shape index (κ3) is 1.76. The minimum absolute atomic E-state index is 0.379. The molecule has 4 heteroatoms. The van der Waals surface area contributed by atoms with Crippen LogP contribution in [0.15, 0.2) is 12.4 Å². The Labute approximate surface area is 76.6 Å². The molecule has 70 valence electrons. The predicted octanol–water partition coefficient (Wildman–Crippen LogP) is 1.46. The van der Waals surface area contributed by atoms with Gasteiger partial charge in [-0.2, -0.15) is 0 Å². The summed E-state index contributed by atoms with van der Waals surface area (Å²) in [6.45, 7) is 4.15. The zero-order valence-corrected chi connectivity index (χ0v) is 7.57. The molecule has 0 amide bonds. The molecule has 13 heavy (non-hydrogen) atoms. The van der Waals surface area contributed by atoms with Crippen LogP contribution in [-0.2, 0) is 0 Å². The molecular formula is C9H12FN3. The minimum Gasteiger partial charge on any atom is -0.341 e. The van der Waals surface area contributed by atoms with Gasteiger partial charge in [0.25, 0.3) is 0 Å². The zero-order chi connectivity index (χ0) is 9.26. The summed E-state index contributed by atoms with van der Waals surface area (Å²) in [7, 11) is 0. The molecule has 1 atom stereocenters. The molecule has 0 aromatic carbocycles. The normalized spacial score (nSPS) is 22.3. The van der Waals surface area contributed by atoms with E-state index in [9.17, 15) is 4.39 Å². The standard InChI is InChI=1S/C9H12FN3/c1-7-2-3-13(6-7)9-11-4-8(10)5-12-9/h4-5,7H,2-3,6H2,1H3/t7-/m1/s1. The van der Waals surface area contributed by atoms with Crippen molar-refractivity contribution in [2.45, 2.75) is 13.3 Å². The molecule has 1 fully saturated rings. The topological polar surface area (TPSA) is 29.0 Å². The maximum atomic E-state index is 12.5. The fraction of sp³-hybridized carbons (Fsp3) is 0.556. The van der Waals surface area contributed by atoms with E-state index in [2.05, 4.69) is 21.8 Å². The largest absolute Gasteiger partial charge is 0.341 e. The lowest BCUT2D eigenvalue weighted by Gasteiger charge is -2.14. The van der Waals surface area contributed by atoms with Crippen LogP contribution in [-0.4, -0.2) is 23.1 Å². The highest BCUT2D eigenvalue weighted by Gasteiger charge is 2.20. The van der Waals surface area contributed by atoms with Gasteiger partial charge in [0.2, 0.25) is 5.95 Å². The fourth-order valence-electron chi connectivity index (χ4n) is 1.59. The molecule has 0 saturated carbocycles. The molecule has 0 spiro atoms. The second-order valence-electron chi connectivity index (χ2n) is 3.54. The van der Waals surface area contributed by atoms with Crippen molar-refractivity contribution in [2.75, 3.05) is 18.0 Å². The number of hydrogen-bond donors (Lipinski definition) is 0. The van der Waals surface area contributed by atoms with Crippen molar-refractivity contribution in [1.82, 2.24) is 9.97 Å². The summed E-state index contributed by atoms with van der Waals surface area (Å²) in [4.78, 5) is 9.96. The summed E-state index contributed by atoms with van der Waals surface area (Å²) in [6, 6.07) is 0. The van der Waals surface area contributed by atoms with Crippen LogP contribution in [0.5, 0.6) is 0 Å². The predicted molar refractivity (Wildman–Crippen MR) is 48.0 cm³/mol. The van der Waals surface area contributed by atoms with Crippen LogP contribution < -0.4 is 4.90 Å². The smallest absolute Gasteiger partial charge is 0.225 e. The van der Waals surface area contributed by atoms with Crippen molar-refractivity contribution in [3.05, 3.63) is 18.2 Å². The number of aromatic nitrogens is 2. The Morgan fingerprint density at radius 3 is 2.69 bits per heavy atom. The molecule has 0 unspecified atom stereocenters. The van der Waals surface area contributed by atoms with Crippen molar-refractivity contribution in [3.8, 4) is 0 Å². The van der Waals surface area contributed by atoms with Crippen molar-refractivity contribution in [3.63, 3.8) is 0 Å². The average Bonchev–Trinajstić information content (AvgIpc) is 2.53. The highest BCUT2D eigenvalue weighted by molar-refractivity contribution is 5.30. The summed E-state index contributed by atoms with van der Waals surface area (Å²) in [5.41, 5.74) is 0. The molecule has 1 aliphatic heterocycles. The SMILES string of the molecule is C[C@@H]1CCN(c2ncc(F)cn2)C1. The molecule has 1 aromatic rings. The van der Waals surface area contributed by atoms with Crippen molar-refractivity contribution in [1.29, 1.82) is 0 Å². The van der Waals surface area contributed by atoms with E-state index in [1.165, 1.54) is 18.8 Å². The lowest BCUT2D eigenvalue weighted by Crippen LogP contribution is -2.21. The van der Waals surface area contributed by atoms with Gasteiger partial charge in [-0.1, -0.05) is 6.92 Å². The van der Waals surface area contributed by atoms with Crippen LogP contribution in [0.1, 0.15) is 13.3 Å². The molecule has 0 radical (unpaired) electrons. The van der Waals surface area contributed by atoms with Gasteiger partial charge in [0, 0.05) is 13.1 Å². The molecule has 2 rings (SSSR count). The quantitative estimate of drug-likeness (QED) is 0.656. The second-order valence-corrected chi connectivity index (χ2v) is 3.54. The van der Waals surface area contributed by atoms with Crippen LogP contribution >= 0.6 is 0 Å². The van der Waals surface area contributed by atoms with E-state index in [0.29, 0.717) is 11.9 Å². The first-order valence-electron chi connectivity index (χ1n) is 4.48. The highest BCUT2D eigenvalue weighted by Crippen LogP contribution is 2.19. The van der Waals surface area contributed by atoms with Gasteiger partial charge in [-0.05, 0) is 12.3 Å². The second kappa shape index (κ2) is 3.28. The molecule has 1 aromatic heterocycles. The molecule has 0 N–H and O–H groups in total. The number of hydrogen-bond acceptors (Lipinski definition) is 3. The Balaban J connectivity index is 2.13. The molecule has 3 nitrogen and oxygen atoms in total. The Morgan fingerprint density at radius 2 is 2.15 bits per heavy atom. The van der Waals surface area contributed by atoms with E-state index in [4.69, 9.17) is 0 Å². The first-order valence-corrected chi connectivity index (χ1v) is 4.48. The fourth-order valence-corrected chi connectivity index (χ4v) is 1.59. The number of rotatable bonds is 1. The van der Waals surface area contributed by atoms with Gasteiger partial charge in [0.15, 0.2) is 5.82 Å². The summed E-state index contributed by atoms with van der Waals surface area (Å²) in [5.74, 6) is 0.954. The summed E-state index contributed by atoms with van der Waals surface area (Å²) in [5, 5.41) is 0. The lowest BCUT2D eigenvalue weighted by molar-refractivity contribution is 0.611. The Bertz CT molecular complexity index is 285. The summed E-state index contributed by atoms with van der Waals surface area (Å²) < 4.78 is 12.5. The number of anilines is 1. The summed E-state index contributed by atoms with van der Waals surface area (Å²) in [6.07, 6.45) is 3.59. The maximum absolute atomic E-state index is 12.5. The average molecular weight is 181 g/mol. The van der Waals surface area contributed by atoms with Gasteiger partial charge in [-0.25, -0.2) is 14.4 Å². The van der Waals surface area contributed by atoms with E-state index in [0.717, 1.165) is 13.1 Å². The van der Waals surface area contributed by atoms with Crippen molar-refractivity contribution < 1.29 is 4.39 Å². The van der Waals surface area contributed by atoms with Gasteiger partial charge in [0.05, 0.1) is 12.4 Å². The minimum atomic E-state index is -0.379. The van der Waals surface area contributed by atoms with Crippen LogP contribution in [0.25, 0.3) is 0 Å². The zero-order valence-electron chi connectivity index (χ0n) is 7.57. The first kappa shape index (κ1) is 8.41. The van der Waals surface area contributed by atoms with E-state index in [1.807, 2.05) is 0 Å². The van der Waals surface area contributed by atoms with Crippen LogP contribution in [0.2, 0.25) is 0 Å². The number of halogens is 1. The van der Waals surface area contributed by atoms with Gasteiger partial charge in [-0.3, -0.25) is 0 Å². The van der Waals surface area contributed by atoms with Gasteiger partial charge in [-0.15, -0.1) is 0 Å². The Hall–Kier alpha value is -1.19. The third-order valence-corrected chi connectivity index (χ3v) is 2.31. The lowest BCUT2D eigenvalue weighted by atomic mass is 10.2.